The highest BCUT2D eigenvalue weighted by molar-refractivity contribution is 6.08. The summed E-state index contributed by atoms with van der Waals surface area (Å²) in [5, 5.41) is 0. The van der Waals surface area contributed by atoms with Crippen molar-refractivity contribution in [1.82, 2.24) is 0 Å². The highest BCUT2D eigenvalue weighted by Gasteiger charge is 2.21. The van der Waals surface area contributed by atoms with Crippen molar-refractivity contribution in [3.05, 3.63) is 192 Å². The molecule has 0 aliphatic rings. The molecule has 0 saturated carbocycles. The molecule has 2 nitrogen and oxygen atoms in total. The van der Waals surface area contributed by atoms with E-state index in [-0.39, 0.29) is 0 Å². The molecule has 41 heavy (non-hydrogen) atoms. The van der Waals surface area contributed by atoms with Crippen LogP contribution in [0.25, 0.3) is 33.4 Å². The number of hydrogen-bond acceptors (Lipinski definition) is 1. The van der Waals surface area contributed by atoms with Crippen molar-refractivity contribution in [3.63, 3.8) is 0 Å². The number of amides is 1. The number of hydrogen-bond donors (Lipinski definition) is 1. The lowest BCUT2D eigenvalue weighted by atomic mass is 9.81. The molecule has 6 aromatic rings. The summed E-state index contributed by atoms with van der Waals surface area (Å²) in [7, 11) is 0. The predicted octanol–water partition coefficient (Wildman–Crippen LogP) is 9.13. The molecule has 2 N–H and O–H groups in total. The molecular weight excluding hydrogens is 498 g/mol. The molecule has 0 aliphatic heterocycles. The van der Waals surface area contributed by atoms with Crippen molar-refractivity contribution < 1.29 is 4.79 Å². The second-order valence-corrected chi connectivity index (χ2v) is 9.88. The van der Waals surface area contributed by atoms with Crippen molar-refractivity contribution >= 4 is 17.1 Å². The van der Waals surface area contributed by atoms with Gasteiger partial charge in [0.05, 0.1) is 0 Å². The predicted molar refractivity (Wildman–Crippen MR) is 170 cm³/mol. The van der Waals surface area contributed by atoms with E-state index in [0.717, 1.165) is 55.7 Å². The lowest BCUT2D eigenvalue weighted by Gasteiger charge is -2.22. The van der Waals surface area contributed by atoms with Gasteiger partial charge >= 0.3 is 0 Å². The van der Waals surface area contributed by atoms with Gasteiger partial charge < -0.3 is 5.73 Å². The Hall–Kier alpha value is -5.47. The van der Waals surface area contributed by atoms with Gasteiger partial charge in [-0.1, -0.05) is 152 Å². The third-order valence-corrected chi connectivity index (χ3v) is 7.31. The fraction of sp³-hybridized carbons (Fsp3) is 0. The van der Waals surface area contributed by atoms with Gasteiger partial charge in [-0.15, -0.1) is 0 Å². The van der Waals surface area contributed by atoms with Gasteiger partial charge in [0, 0.05) is 5.56 Å². The second kappa shape index (κ2) is 11.7. The molecule has 6 rings (SSSR count). The molecule has 0 saturated heterocycles. The molecule has 2 heteroatoms. The Balaban J connectivity index is 1.76. The maximum absolute atomic E-state index is 12.4. The zero-order valence-corrected chi connectivity index (χ0v) is 22.6. The van der Waals surface area contributed by atoms with Gasteiger partial charge in [-0.25, -0.2) is 0 Å². The van der Waals surface area contributed by atoms with E-state index < -0.39 is 5.91 Å². The molecule has 0 heterocycles. The number of benzene rings is 6. The molecular formula is C39H29NO. The first kappa shape index (κ1) is 25.8. The molecule has 196 valence electrons. The monoisotopic (exact) mass is 527 g/mol. The van der Waals surface area contributed by atoms with Crippen LogP contribution in [0.3, 0.4) is 0 Å². The molecule has 0 unspecified atom stereocenters. The van der Waals surface area contributed by atoms with Crippen molar-refractivity contribution in [2.75, 3.05) is 0 Å². The van der Waals surface area contributed by atoms with E-state index in [2.05, 4.69) is 115 Å². The maximum Gasteiger partial charge on any atom is 0.249 e. The van der Waals surface area contributed by atoms with Crippen molar-refractivity contribution in [2.45, 2.75) is 0 Å². The van der Waals surface area contributed by atoms with Gasteiger partial charge in [0.1, 0.15) is 0 Å². The molecule has 0 aliphatic carbocycles. The highest BCUT2D eigenvalue weighted by Crippen LogP contribution is 2.42. The molecule has 0 atom stereocenters. The number of primary amides is 1. The third-order valence-electron chi connectivity index (χ3n) is 7.31. The van der Waals surface area contributed by atoms with Crippen LogP contribution >= 0.6 is 0 Å². The van der Waals surface area contributed by atoms with Crippen molar-refractivity contribution in [3.8, 4) is 22.3 Å². The van der Waals surface area contributed by atoms with E-state index in [4.69, 9.17) is 5.73 Å². The smallest absolute Gasteiger partial charge is 0.249 e. The lowest BCUT2D eigenvalue weighted by molar-refractivity contribution is 0.100. The van der Waals surface area contributed by atoms with Gasteiger partial charge in [0.15, 0.2) is 0 Å². The maximum atomic E-state index is 12.4. The van der Waals surface area contributed by atoms with Crippen LogP contribution in [0, 0.1) is 0 Å². The van der Waals surface area contributed by atoms with E-state index in [1.165, 1.54) is 0 Å². The van der Waals surface area contributed by atoms with Gasteiger partial charge in [-0.2, -0.15) is 0 Å². The van der Waals surface area contributed by atoms with Crippen molar-refractivity contribution in [1.29, 1.82) is 0 Å². The molecule has 0 spiro atoms. The molecule has 6 aromatic carbocycles. The Morgan fingerprint density at radius 2 is 0.829 bits per heavy atom. The SMILES string of the molecule is NC(=O)c1ccccc1-c1ccc(-c2ccccc2)c(C(=C(c2ccccc2)c2ccccc2)c2ccccc2)c1. The lowest BCUT2D eigenvalue weighted by Crippen LogP contribution is -2.12. The molecule has 0 fully saturated rings. The van der Waals surface area contributed by atoms with Gasteiger partial charge in [-0.3, -0.25) is 4.79 Å². The first-order valence-electron chi connectivity index (χ1n) is 13.7. The first-order valence-corrected chi connectivity index (χ1v) is 13.7. The zero-order valence-electron chi connectivity index (χ0n) is 22.6. The average Bonchev–Trinajstić information content (AvgIpc) is 3.05. The average molecular weight is 528 g/mol. The van der Waals surface area contributed by atoms with E-state index in [1.807, 2.05) is 42.5 Å². The Kier molecular flexibility index (Phi) is 7.38. The van der Waals surface area contributed by atoms with Crippen LogP contribution < -0.4 is 5.73 Å². The normalized spacial score (nSPS) is 10.6. The van der Waals surface area contributed by atoms with Gasteiger partial charge in [0.2, 0.25) is 5.91 Å². The minimum Gasteiger partial charge on any atom is -0.366 e. The Morgan fingerprint density at radius 1 is 0.390 bits per heavy atom. The summed E-state index contributed by atoms with van der Waals surface area (Å²) >= 11 is 0. The van der Waals surface area contributed by atoms with Gasteiger partial charge in [0.25, 0.3) is 0 Å². The number of carbonyl (C=O) groups is 1. The van der Waals surface area contributed by atoms with Crippen LogP contribution in [0.2, 0.25) is 0 Å². The fourth-order valence-corrected chi connectivity index (χ4v) is 5.44. The van der Waals surface area contributed by atoms with E-state index in [1.54, 1.807) is 6.07 Å². The summed E-state index contributed by atoms with van der Waals surface area (Å²) in [5.41, 5.74) is 17.0. The molecule has 0 radical (unpaired) electrons. The second-order valence-electron chi connectivity index (χ2n) is 9.88. The zero-order chi connectivity index (χ0) is 28.0. The topological polar surface area (TPSA) is 43.1 Å². The Morgan fingerprint density at radius 3 is 1.37 bits per heavy atom. The Labute approximate surface area is 241 Å². The molecule has 0 bridgehead atoms. The van der Waals surface area contributed by atoms with Crippen molar-refractivity contribution in [2.24, 2.45) is 5.73 Å². The standard InChI is InChI=1S/C39H29NO/c40-39(41)35-24-14-13-23-33(35)32-25-26-34(28-15-5-1-6-16-28)36(27-32)38(31-21-11-4-12-22-31)37(29-17-7-2-8-18-29)30-19-9-3-10-20-30/h1-27H,(H2,40,41). The Bertz CT molecular complexity index is 1780. The fourth-order valence-electron chi connectivity index (χ4n) is 5.44. The highest BCUT2D eigenvalue weighted by atomic mass is 16.1. The van der Waals surface area contributed by atoms with Crippen LogP contribution in [0.5, 0.6) is 0 Å². The quantitative estimate of drug-likeness (QED) is 0.207. The summed E-state index contributed by atoms with van der Waals surface area (Å²) in [6, 6.07) is 56.1. The number of nitrogens with two attached hydrogens (primary N) is 1. The van der Waals surface area contributed by atoms with Crippen LogP contribution in [-0.4, -0.2) is 5.91 Å². The summed E-state index contributed by atoms with van der Waals surface area (Å²) in [6.45, 7) is 0. The number of rotatable bonds is 7. The van der Waals surface area contributed by atoms with E-state index in [0.29, 0.717) is 5.56 Å². The van der Waals surface area contributed by atoms with Crippen LogP contribution in [-0.2, 0) is 0 Å². The van der Waals surface area contributed by atoms with E-state index >= 15 is 0 Å². The molecule has 0 aromatic heterocycles. The third kappa shape index (κ3) is 5.36. The van der Waals surface area contributed by atoms with E-state index in [9.17, 15) is 4.79 Å². The minimum atomic E-state index is -0.442. The molecule has 1 amide bonds. The largest absolute Gasteiger partial charge is 0.366 e. The van der Waals surface area contributed by atoms with Crippen LogP contribution in [0.15, 0.2) is 164 Å². The summed E-state index contributed by atoms with van der Waals surface area (Å²) in [4.78, 5) is 12.4. The van der Waals surface area contributed by atoms with Crippen LogP contribution in [0.4, 0.5) is 0 Å². The first-order chi connectivity index (χ1) is 20.2. The summed E-state index contributed by atoms with van der Waals surface area (Å²) in [6.07, 6.45) is 0. The minimum absolute atomic E-state index is 0.442. The summed E-state index contributed by atoms with van der Waals surface area (Å²) in [5.74, 6) is -0.442. The van der Waals surface area contributed by atoms with Gasteiger partial charge in [-0.05, 0) is 67.8 Å². The summed E-state index contributed by atoms with van der Waals surface area (Å²) < 4.78 is 0. The number of carbonyl (C=O) groups excluding carboxylic acids is 1. The van der Waals surface area contributed by atoms with Crippen LogP contribution in [0.1, 0.15) is 32.6 Å².